The molecule has 2 aromatic carbocycles. The molecule has 0 saturated heterocycles. The van der Waals surface area contributed by atoms with Gasteiger partial charge in [-0.1, -0.05) is 12.1 Å². The molecule has 0 atom stereocenters. The van der Waals surface area contributed by atoms with Gasteiger partial charge in [-0.15, -0.1) is 0 Å². The van der Waals surface area contributed by atoms with E-state index in [0.29, 0.717) is 11.5 Å². The van der Waals surface area contributed by atoms with Crippen LogP contribution in [-0.4, -0.2) is 22.1 Å². The van der Waals surface area contributed by atoms with Crippen LogP contribution in [0.15, 0.2) is 42.5 Å². The van der Waals surface area contributed by atoms with Gasteiger partial charge in [-0.25, -0.2) is 0 Å². The third-order valence-electron chi connectivity index (χ3n) is 2.24. The highest BCUT2D eigenvalue weighted by molar-refractivity contribution is 5.46. The Labute approximate surface area is 103 Å². The highest BCUT2D eigenvalue weighted by atomic mass is 16.7. The van der Waals surface area contributed by atoms with Crippen LogP contribution in [0.4, 0.5) is 0 Å². The number of phenols is 3. The lowest BCUT2D eigenvalue weighted by atomic mass is 10.3. The van der Waals surface area contributed by atoms with Crippen LogP contribution >= 0.6 is 0 Å². The number of hydrogen-bond donors (Lipinski definition) is 3. The van der Waals surface area contributed by atoms with Gasteiger partial charge in [0, 0.05) is 6.07 Å². The van der Waals surface area contributed by atoms with E-state index < -0.39 is 0 Å². The quantitative estimate of drug-likeness (QED) is 0.623. The van der Waals surface area contributed by atoms with Crippen molar-refractivity contribution in [1.29, 1.82) is 0 Å². The molecule has 0 radical (unpaired) electrons. The first-order valence-electron chi connectivity index (χ1n) is 5.22. The summed E-state index contributed by atoms with van der Waals surface area (Å²) in [6, 6.07) is 10.9. The van der Waals surface area contributed by atoms with Gasteiger partial charge in [-0.05, 0) is 24.3 Å². The molecule has 2 aromatic rings. The van der Waals surface area contributed by atoms with Gasteiger partial charge in [-0.2, -0.15) is 0 Å². The van der Waals surface area contributed by atoms with Crippen LogP contribution in [0.1, 0.15) is 0 Å². The lowest BCUT2D eigenvalue weighted by Gasteiger charge is -1.93. The van der Waals surface area contributed by atoms with Crippen LogP contribution in [0, 0.1) is 0 Å². The molecule has 1 aliphatic rings. The van der Waals surface area contributed by atoms with E-state index in [9.17, 15) is 0 Å². The molecule has 0 amide bonds. The van der Waals surface area contributed by atoms with Crippen LogP contribution < -0.4 is 9.47 Å². The van der Waals surface area contributed by atoms with Gasteiger partial charge in [0.2, 0.25) is 6.79 Å². The van der Waals surface area contributed by atoms with Crippen molar-refractivity contribution in [3.05, 3.63) is 42.5 Å². The zero-order valence-electron chi connectivity index (χ0n) is 9.41. The number of aromatic hydroxyl groups is 3. The topological polar surface area (TPSA) is 79.2 Å². The maximum absolute atomic E-state index is 8.96. The largest absolute Gasteiger partial charge is 0.508 e. The number of ether oxygens (including phenoxy) is 2. The van der Waals surface area contributed by atoms with Gasteiger partial charge in [0.15, 0.2) is 23.0 Å². The summed E-state index contributed by atoms with van der Waals surface area (Å²) < 4.78 is 10.0. The molecular formula is C13H12O5. The van der Waals surface area contributed by atoms with E-state index in [-0.39, 0.29) is 24.0 Å². The Morgan fingerprint density at radius 2 is 1.39 bits per heavy atom. The summed E-state index contributed by atoms with van der Waals surface area (Å²) in [5.74, 6) is 1.35. The van der Waals surface area contributed by atoms with Gasteiger partial charge in [0.25, 0.3) is 0 Å². The molecule has 5 nitrogen and oxygen atoms in total. The summed E-state index contributed by atoms with van der Waals surface area (Å²) >= 11 is 0. The molecule has 3 rings (SSSR count). The van der Waals surface area contributed by atoms with Crippen LogP contribution in [0.2, 0.25) is 0 Å². The second-order valence-electron chi connectivity index (χ2n) is 3.53. The molecule has 0 spiro atoms. The van der Waals surface area contributed by atoms with Gasteiger partial charge >= 0.3 is 0 Å². The predicted octanol–water partition coefficient (Wildman–Crippen LogP) is 2.22. The fourth-order valence-electron chi connectivity index (χ4n) is 1.35. The van der Waals surface area contributed by atoms with Crippen LogP contribution in [-0.2, 0) is 0 Å². The fraction of sp³-hybridized carbons (Fsp3) is 0.0769. The molecule has 18 heavy (non-hydrogen) atoms. The number of rotatable bonds is 0. The second kappa shape index (κ2) is 5.18. The first-order chi connectivity index (χ1) is 8.66. The number of fused-ring (bicyclic) bond motifs is 1. The number of para-hydroxylation sites is 2. The smallest absolute Gasteiger partial charge is 0.231 e. The molecule has 0 aliphatic carbocycles. The maximum atomic E-state index is 8.96. The fourth-order valence-corrected chi connectivity index (χ4v) is 1.35. The van der Waals surface area contributed by atoms with E-state index in [4.69, 9.17) is 24.8 Å². The maximum Gasteiger partial charge on any atom is 0.231 e. The Bertz CT molecular complexity index is 518. The molecule has 3 N–H and O–H groups in total. The zero-order valence-corrected chi connectivity index (χ0v) is 9.41. The standard InChI is InChI=1S/C7H6O3.C6H6O2/c8-5-1-2-6-7(3-5)10-4-9-6;7-5-3-1-2-4-6(5)8/h1-3,8H,4H2;1-4,7-8H. The van der Waals surface area contributed by atoms with Gasteiger partial charge in [0.05, 0.1) is 0 Å². The molecule has 1 aliphatic heterocycles. The molecule has 1 heterocycles. The minimum atomic E-state index is -0.0764. The van der Waals surface area contributed by atoms with Crippen molar-refractivity contribution in [2.75, 3.05) is 6.79 Å². The van der Waals surface area contributed by atoms with E-state index in [2.05, 4.69) is 0 Å². The molecule has 94 valence electrons. The SMILES string of the molecule is Oc1ccc2c(c1)OCO2.Oc1ccccc1O. The molecule has 0 bridgehead atoms. The van der Waals surface area contributed by atoms with Gasteiger partial charge in [-0.3, -0.25) is 0 Å². The number of phenolic OH excluding ortho intramolecular Hbond substituents is 3. The van der Waals surface area contributed by atoms with E-state index in [1.54, 1.807) is 24.3 Å². The molecule has 5 heteroatoms. The molecule has 0 saturated carbocycles. The van der Waals surface area contributed by atoms with Crippen molar-refractivity contribution in [2.45, 2.75) is 0 Å². The van der Waals surface area contributed by atoms with E-state index in [1.165, 1.54) is 18.2 Å². The summed E-state index contributed by atoms with van der Waals surface area (Å²) in [6.45, 7) is 0.249. The predicted molar refractivity (Wildman–Crippen MR) is 64.0 cm³/mol. The average molecular weight is 248 g/mol. The Morgan fingerprint density at radius 1 is 0.778 bits per heavy atom. The van der Waals surface area contributed by atoms with Gasteiger partial charge in [0.1, 0.15) is 5.75 Å². The van der Waals surface area contributed by atoms with Crippen LogP contribution in [0.3, 0.4) is 0 Å². The number of hydrogen-bond acceptors (Lipinski definition) is 5. The Balaban J connectivity index is 0.000000138. The van der Waals surface area contributed by atoms with Crippen molar-refractivity contribution in [3.8, 4) is 28.7 Å². The minimum Gasteiger partial charge on any atom is -0.508 e. The normalized spacial score (nSPS) is 11.6. The third-order valence-corrected chi connectivity index (χ3v) is 2.24. The third kappa shape index (κ3) is 2.76. The summed E-state index contributed by atoms with van der Waals surface area (Å²) in [5, 5.41) is 26.3. The summed E-state index contributed by atoms with van der Waals surface area (Å²) in [5.41, 5.74) is 0. The van der Waals surface area contributed by atoms with E-state index in [1.807, 2.05) is 0 Å². The first kappa shape index (κ1) is 11.9. The average Bonchev–Trinajstić information content (AvgIpc) is 2.81. The molecule has 0 fully saturated rings. The Morgan fingerprint density at radius 3 is 2.00 bits per heavy atom. The monoisotopic (exact) mass is 248 g/mol. The van der Waals surface area contributed by atoms with E-state index >= 15 is 0 Å². The van der Waals surface area contributed by atoms with Crippen molar-refractivity contribution < 1.29 is 24.8 Å². The van der Waals surface area contributed by atoms with Gasteiger partial charge < -0.3 is 24.8 Å². The second-order valence-corrected chi connectivity index (χ2v) is 3.53. The molecule has 0 unspecified atom stereocenters. The number of benzene rings is 2. The lowest BCUT2D eigenvalue weighted by Crippen LogP contribution is -1.92. The summed E-state index contributed by atoms with van der Waals surface area (Å²) in [6.07, 6.45) is 0. The minimum absolute atomic E-state index is 0.0764. The van der Waals surface area contributed by atoms with Crippen LogP contribution in [0.25, 0.3) is 0 Å². The van der Waals surface area contributed by atoms with Crippen LogP contribution in [0.5, 0.6) is 28.7 Å². The van der Waals surface area contributed by atoms with Crippen molar-refractivity contribution in [3.63, 3.8) is 0 Å². The highest BCUT2D eigenvalue weighted by Gasteiger charge is 2.12. The highest BCUT2D eigenvalue weighted by Crippen LogP contribution is 2.34. The lowest BCUT2D eigenvalue weighted by molar-refractivity contribution is 0.174. The van der Waals surface area contributed by atoms with Crippen molar-refractivity contribution in [1.82, 2.24) is 0 Å². The Kier molecular flexibility index (Phi) is 3.43. The molecule has 0 aromatic heterocycles. The first-order valence-corrected chi connectivity index (χ1v) is 5.22. The van der Waals surface area contributed by atoms with Crippen molar-refractivity contribution in [2.24, 2.45) is 0 Å². The molecular weight excluding hydrogens is 236 g/mol. The summed E-state index contributed by atoms with van der Waals surface area (Å²) in [7, 11) is 0. The summed E-state index contributed by atoms with van der Waals surface area (Å²) in [4.78, 5) is 0. The zero-order chi connectivity index (χ0) is 13.0. The Hall–Kier alpha value is -2.56. The van der Waals surface area contributed by atoms with Crippen molar-refractivity contribution >= 4 is 0 Å². The van der Waals surface area contributed by atoms with E-state index in [0.717, 1.165) is 0 Å².